The second kappa shape index (κ2) is 21.7. The van der Waals surface area contributed by atoms with Gasteiger partial charge in [-0.2, -0.15) is 23.5 Å². The van der Waals surface area contributed by atoms with Crippen LogP contribution in [-0.4, -0.2) is 129 Å². The second-order valence-electron chi connectivity index (χ2n) is 18.8. The molecule has 2 aliphatic heterocycles. The highest BCUT2D eigenvalue weighted by Crippen LogP contribution is 2.39. The number of hydrogen-bond acceptors (Lipinski definition) is 10. The molecule has 7 atom stereocenters. The number of fused-ring (bicyclic) bond motifs is 2. The molecule has 4 aromatic carbocycles. The summed E-state index contributed by atoms with van der Waals surface area (Å²) in [6.07, 6.45) is 3.27. The van der Waals surface area contributed by atoms with Gasteiger partial charge in [-0.05, 0) is 131 Å². The maximum Gasteiger partial charge on any atom is 0.407 e. The van der Waals surface area contributed by atoms with Crippen LogP contribution in [-0.2, 0) is 38.3 Å². The number of aromatic amines is 2. The summed E-state index contributed by atoms with van der Waals surface area (Å²) in [4.78, 5) is 71.7. The van der Waals surface area contributed by atoms with Crippen LogP contribution in [0.4, 0.5) is 18.4 Å². The summed E-state index contributed by atoms with van der Waals surface area (Å²) in [7, 11) is 2.50. The van der Waals surface area contributed by atoms with Crippen LogP contribution in [0.2, 0.25) is 0 Å². The van der Waals surface area contributed by atoms with E-state index in [1.807, 2.05) is 24.6 Å². The largest absolute Gasteiger partial charge is 0.453 e. The number of benzene rings is 4. The third kappa shape index (κ3) is 10.7. The number of likely N-dealkylation sites (tertiary alicyclic amines) is 2. The molecule has 6 aliphatic rings. The standard InChI is InChI=1S/C53H60F2N8O6S2/c1-29-20-33-9-7-30(21-38(33)34-12-14-40-44(23-34)58-48(56-40)46-25-36(54)27-62(46)50(64)42(16-18-70-4)60-52(66)68-2)6-8-31-10-11-32(29)22-39(31)35-13-15-41-45(24-35)59-49(57-41)47-26-37(55)28-63(47)51(65)43(17-19-71-5)61-53(67)69-3/h7,9-15,21-24,29,36-37,42-43,46-47H,6,8,16-20,25-28H2,1-5H3,(H,56,58)(H,57,59)(H,60,66)(H,61,67). The minimum atomic E-state index is -1.24. The summed E-state index contributed by atoms with van der Waals surface area (Å²) in [6.45, 7) is 2.07. The van der Waals surface area contributed by atoms with E-state index in [0.29, 0.717) is 47.0 Å². The van der Waals surface area contributed by atoms with Gasteiger partial charge in [0, 0.05) is 12.8 Å². The molecule has 4 N–H and O–H groups in total. The molecular weight excluding hydrogens is 947 g/mol. The van der Waals surface area contributed by atoms with Crippen LogP contribution in [0.1, 0.15) is 84.5 Å². The Balaban J connectivity index is 0.958. The van der Waals surface area contributed by atoms with E-state index in [9.17, 15) is 19.2 Å². The number of rotatable bonds is 14. The fraction of sp³-hybridized carbons (Fsp3) is 0.434. The third-order valence-corrected chi connectivity index (χ3v) is 15.5. The number of carbonyl (C=O) groups is 4. The molecule has 14 nitrogen and oxygen atoms in total. The molecular formula is C53H60F2N8O6S2. The quantitative estimate of drug-likeness (QED) is 0.0823. The van der Waals surface area contributed by atoms with Crippen LogP contribution in [0.5, 0.6) is 0 Å². The Hall–Kier alpha value is -6.14. The number of alkyl carbamates (subject to hydrolysis) is 2. The summed E-state index contributed by atoms with van der Waals surface area (Å²) in [5.74, 6) is 1.70. The van der Waals surface area contributed by atoms with E-state index in [2.05, 4.69) is 88.2 Å². The first-order chi connectivity index (χ1) is 34.3. The Kier molecular flexibility index (Phi) is 15.2. The fourth-order valence-corrected chi connectivity index (χ4v) is 11.4. The second-order valence-corrected chi connectivity index (χ2v) is 20.8. The molecule has 4 amide bonds. The lowest BCUT2D eigenvalue weighted by Crippen LogP contribution is -2.49. The lowest BCUT2D eigenvalue weighted by Gasteiger charge is -2.27. The van der Waals surface area contributed by atoms with Crippen molar-refractivity contribution in [2.45, 2.75) is 94.3 Å². The number of H-pyrrole nitrogens is 2. The number of methoxy groups -OCH3 is 2. The number of nitrogens with zero attached hydrogens (tertiary/aromatic N) is 4. The number of ether oxygens (including phenoxy) is 2. The third-order valence-electron chi connectivity index (χ3n) is 14.2. The predicted octanol–water partition coefficient (Wildman–Crippen LogP) is 9.40. The lowest BCUT2D eigenvalue weighted by molar-refractivity contribution is -0.135. The number of aryl methyl sites for hydroxylation is 2. The first kappa shape index (κ1) is 49.8. The van der Waals surface area contributed by atoms with Crippen molar-refractivity contribution in [1.82, 2.24) is 40.4 Å². The smallest absolute Gasteiger partial charge is 0.407 e. The first-order valence-corrected chi connectivity index (χ1v) is 26.9. The number of thioether (sulfide) groups is 2. The van der Waals surface area contributed by atoms with Crippen LogP contribution < -0.4 is 10.6 Å². The SMILES string of the molecule is COC(=O)NC(CCSC)C(=O)N1CC(F)CC1c1nc2ccc(-c3cc4ccc3CCc3ccc(c(-c5ccc6nc(C7CC(F)CN7C(=O)C(CCSC)NC(=O)OC)[nH]c6c5)c3)CC4C)cc2[nH]1. The van der Waals surface area contributed by atoms with Crippen molar-refractivity contribution in [3.05, 3.63) is 107 Å². The summed E-state index contributed by atoms with van der Waals surface area (Å²) in [6, 6.07) is 22.9. The summed E-state index contributed by atoms with van der Waals surface area (Å²) >= 11 is 3.11. The van der Waals surface area contributed by atoms with Crippen molar-refractivity contribution in [3.8, 4) is 22.3 Å². The predicted molar refractivity (Wildman–Crippen MR) is 275 cm³/mol. The van der Waals surface area contributed by atoms with Crippen LogP contribution >= 0.6 is 23.5 Å². The van der Waals surface area contributed by atoms with Crippen LogP contribution in [0.15, 0.2) is 72.8 Å². The summed E-state index contributed by atoms with van der Waals surface area (Å²) in [5, 5.41) is 5.30. The Morgan fingerprint density at radius 3 is 1.70 bits per heavy atom. The molecule has 7 unspecified atom stereocenters. The number of alkyl halides is 2. The Labute approximate surface area is 420 Å². The van der Waals surface area contributed by atoms with Crippen molar-refractivity contribution in [2.75, 3.05) is 51.3 Å². The van der Waals surface area contributed by atoms with Gasteiger partial charge in [0.15, 0.2) is 0 Å². The van der Waals surface area contributed by atoms with Gasteiger partial charge < -0.3 is 39.9 Å². The molecule has 6 aromatic rings. The number of carbonyl (C=O) groups excluding carboxylic acids is 4. The van der Waals surface area contributed by atoms with E-state index >= 15 is 8.78 Å². The Bertz CT molecular complexity index is 2950. The van der Waals surface area contributed by atoms with E-state index in [1.165, 1.54) is 46.3 Å². The highest BCUT2D eigenvalue weighted by molar-refractivity contribution is 7.98. The summed E-state index contributed by atoms with van der Waals surface area (Å²) < 4.78 is 39.9. The zero-order valence-electron chi connectivity index (χ0n) is 40.6. The fourth-order valence-electron chi connectivity index (χ4n) is 10.4. The molecule has 0 spiro atoms. The lowest BCUT2D eigenvalue weighted by atomic mass is 9.84. The number of aromatic nitrogens is 4. The van der Waals surface area contributed by atoms with Gasteiger partial charge in [0.25, 0.3) is 0 Å². The van der Waals surface area contributed by atoms with E-state index < -0.39 is 48.7 Å². The molecule has 2 saturated heterocycles. The van der Waals surface area contributed by atoms with Gasteiger partial charge in [-0.3, -0.25) is 9.59 Å². The van der Waals surface area contributed by atoms with E-state index in [4.69, 9.17) is 19.4 Å². The zero-order valence-corrected chi connectivity index (χ0v) is 42.2. The molecule has 0 radical (unpaired) electrons. The maximum atomic E-state index is 15.2. The normalized spacial score (nSPS) is 20.7. The highest BCUT2D eigenvalue weighted by Gasteiger charge is 2.42. The van der Waals surface area contributed by atoms with Crippen molar-refractivity contribution in [2.24, 2.45) is 0 Å². The number of imidazole rings is 2. The number of nitrogens with one attached hydrogen (secondary N) is 4. The molecule has 2 aromatic heterocycles. The maximum absolute atomic E-state index is 15.2. The van der Waals surface area contributed by atoms with Crippen molar-refractivity contribution in [1.29, 1.82) is 0 Å². The molecule has 4 aliphatic carbocycles. The van der Waals surface area contributed by atoms with Gasteiger partial charge in [-0.25, -0.2) is 28.3 Å². The van der Waals surface area contributed by atoms with Crippen molar-refractivity contribution < 1.29 is 37.4 Å². The van der Waals surface area contributed by atoms with Crippen LogP contribution in [0, 0.1) is 0 Å². The minimum Gasteiger partial charge on any atom is -0.453 e. The molecule has 18 heteroatoms. The molecule has 374 valence electrons. The number of halogens is 2. The molecule has 12 rings (SSSR count). The molecule has 2 fully saturated rings. The van der Waals surface area contributed by atoms with Crippen molar-refractivity contribution >= 4 is 69.6 Å². The topological polar surface area (TPSA) is 175 Å². The summed E-state index contributed by atoms with van der Waals surface area (Å²) in [5.41, 5.74) is 12.1. The Morgan fingerprint density at radius 1 is 0.690 bits per heavy atom. The average Bonchev–Trinajstić information content (AvgIpc) is 4.19. The number of hydrogen-bond donors (Lipinski definition) is 4. The Morgan fingerprint density at radius 2 is 1.20 bits per heavy atom. The number of amides is 4. The highest BCUT2D eigenvalue weighted by atomic mass is 32.2. The van der Waals surface area contributed by atoms with Gasteiger partial charge in [-0.15, -0.1) is 0 Å². The van der Waals surface area contributed by atoms with Gasteiger partial charge in [0.1, 0.15) is 36.1 Å². The molecule has 4 bridgehead atoms. The van der Waals surface area contributed by atoms with E-state index in [0.717, 1.165) is 52.5 Å². The molecule has 0 saturated carbocycles. The minimum absolute atomic E-state index is 0.0876. The van der Waals surface area contributed by atoms with E-state index in [-0.39, 0.29) is 43.7 Å². The van der Waals surface area contributed by atoms with Crippen molar-refractivity contribution in [3.63, 3.8) is 0 Å². The average molecular weight is 1010 g/mol. The van der Waals surface area contributed by atoms with Gasteiger partial charge in [-0.1, -0.05) is 55.5 Å². The zero-order chi connectivity index (χ0) is 49.9. The molecule has 71 heavy (non-hydrogen) atoms. The van der Waals surface area contributed by atoms with Crippen LogP contribution in [0.3, 0.4) is 0 Å². The van der Waals surface area contributed by atoms with Gasteiger partial charge in [0.2, 0.25) is 11.8 Å². The van der Waals surface area contributed by atoms with Gasteiger partial charge in [0.05, 0.1) is 61.5 Å². The van der Waals surface area contributed by atoms with Gasteiger partial charge >= 0.3 is 12.2 Å². The molecule has 4 heterocycles. The first-order valence-electron chi connectivity index (χ1n) is 24.1. The van der Waals surface area contributed by atoms with Crippen LogP contribution in [0.25, 0.3) is 44.3 Å². The monoisotopic (exact) mass is 1010 g/mol. The van der Waals surface area contributed by atoms with E-state index in [1.54, 1.807) is 23.5 Å².